The number of hydrogen-bond donors (Lipinski definition) is 1. The van der Waals surface area contributed by atoms with Gasteiger partial charge in [-0.25, -0.2) is 4.98 Å². The first-order chi connectivity index (χ1) is 12.7. The highest BCUT2D eigenvalue weighted by molar-refractivity contribution is 5.83. The van der Waals surface area contributed by atoms with Crippen molar-refractivity contribution < 1.29 is 28.5 Å². The minimum atomic E-state index is -1.17. The Kier molecular flexibility index (Phi) is 5.01. The van der Waals surface area contributed by atoms with Crippen molar-refractivity contribution in [1.29, 1.82) is 0 Å². The SMILES string of the molecule is COc1c2c(nc3occc13)C(C=CC(C)(C)O)(OC)C(OC(C)=O)CC2. The summed E-state index contributed by atoms with van der Waals surface area (Å²) in [6.07, 6.45) is 5.40. The topological polar surface area (TPSA) is 91.0 Å². The summed E-state index contributed by atoms with van der Waals surface area (Å²) in [6, 6.07) is 1.81. The Hall–Kier alpha value is -2.38. The quantitative estimate of drug-likeness (QED) is 0.635. The van der Waals surface area contributed by atoms with Gasteiger partial charge in [0.25, 0.3) is 0 Å². The summed E-state index contributed by atoms with van der Waals surface area (Å²) in [7, 11) is 3.13. The van der Waals surface area contributed by atoms with Gasteiger partial charge in [-0.3, -0.25) is 4.79 Å². The van der Waals surface area contributed by atoms with Gasteiger partial charge in [-0.1, -0.05) is 6.08 Å². The van der Waals surface area contributed by atoms with Gasteiger partial charge in [0.05, 0.1) is 30.1 Å². The zero-order valence-electron chi connectivity index (χ0n) is 16.2. The highest BCUT2D eigenvalue weighted by atomic mass is 16.6. The number of nitrogens with zero attached hydrogens (tertiary/aromatic N) is 1. The summed E-state index contributed by atoms with van der Waals surface area (Å²) in [5.74, 6) is 0.260. The number of furan rings is 1. The Bertz CT molecular complexity index is 878. The van der Waals surface area contributed by atoms with Crippen molar-refractivity contribution in [3.05, 3.63) is 35.7 Å². The Labute approximate surface area is 157 Å². The van der Waals surface area contributed by atoms with E-state index in [2.05, 4.69) is 4.98 Å². The predicted molar refractivity (Wildman–Crippen MR) is 98.6 cm³/mol. The normalized spacial score (nSPS) is 22.8. The maximum Gasteiger partial charge on any atom is 0.303 e. The maximum atomic E-state index is 11.7. The Morgan fingerprint density at radius 3 is 2.78 bits per heavy atom. The molecule has 2 atom stereocenters. The lowest BCUT2D eigenvalue weighted by molar-refractivity contribution is -0.165. The molecule has 0 saturated carbocycles. The van der Waals surface area contributed by atoms with Crippen molar-refractivity contribution >= 4 is 17.1 Å². The molecule has 1 aliphatic carbocycles. The molecule has 0 aliphatic heterocycles. The van der Waals surface area contributed by atoms with Crippen LogP contribution in [0.3, 0.4) is 0 Å². The molecular weight excluding hydrogens is 350 g/mol. The molecule has 2 heterocycles. The molecule has 2 aromatic heterocycles. The molecule has 0 aromatic carbocycles. The van der Waals surface area contributed by atoms with Crippen LogP contribution in [0.4, 0.5) is 0 Å². The van der Waals surface area contributed by atoms with E-state index in [4.69, 9.17) is 18.6 Å². The van der Waals surface area contributed by atoms with Gasteiger partial charge < -0.3 is 23.7 Å². The van der Waals surface area contributed by atoms with E-state index in [9.17, 15) is 9.90 Å². The molecule has 0 radical (unpaired) electrons. The summed E-state index contributed by atoms with van der Waals surface area (Å²) >= 11 is 0. The van der Waals surface area contributed by atoms with Crippen LogP contribution in [-0.2, 0) is 26.3 Å². The lowest BCUT2D eigenvalue weighted by Crippen LogP contribution is -2.47. The number of fused-ring (bicyclic) bond motifs is 2. The van der Waals surface area contributed by atoms with Gasteiger partial charge in [0.15, 0.2) is 5.60 Å². The first-order valence-corrected chi connectivity index (χ1v) is 8.81. The highest BCUT2D eigenvalue weighted by Crippen LogP contribution is 2.46. The van der Waals surface area contributed by atoms with Gasteiger partial charge in [-0.2, -0.15) is 0 Å². The standard InChI is InChI=1S/C20H25NO6/c1-12(22)27-15-7-6-13-16(24-4)14-8-11-26-18(14)21-17(13)20(15,25-5)10-9-19(2,3)23/h8-11,15,23H,6-7H2,1-5H3. The van der Waals surface area contributed by atoms with Crippen molar-refractivity contribution in [2.75, 3.05) is 14.2 Å². The highest BCUT2D eigenvalue weighted by Gasteiger charge is 2.48. The number of aromatic nitrogens is 1. The largest absolute Gasteiger partial charge is 0.496 e. The smallest absolute Gasteiger partial charge is 0.303 e. The zero-order chi connectivity index (χ0) is 19.8. The van der Waals surface area contributed by atoms with Crippen molar-refractivity contribution in [3.8, 4) is 5.75 Å². The number of ether oxygens (including phenoxy) is 3. The molecule has 1 N–H and O–H groups in total. The van der Waals surface area contributed by atoms with Gasteiger partial charge in [0, 0.05) is 19.6 Å². The van der Waals surface area contributed by atoms with Crippen LogP contribution in [0.5, 0.6) is 5.75 Å². The molecular formula is C20H25NO6. The van der Waals surface area contributed by atoms with Crippen LogP contribution in [-0.4, -0.2) is 42.0 Å². The third kappa shape index (κ3) is 3.44. The van der Waals surface area contributed by atoms with Crippen LogP contribution in [0.15, 0.2) is 28.9 Å². The van der Waals surface area contributed by atoms with Crippen LogP contribution in [0.1, 0.15) is 38.4 Å². The molecule has 0 fully saturated rings. The second-order valence-electron chi connectivity index (χ2n) is 7.23. The summed E-state index contributed by atoms with van der Waals surface area (Å²) in [6.45, 7) is 4.67. The van der Waals surface area contributed by atoms with Crippen molar-refractivity contribution in [2.24, 2.45) is 0 Å². The van der Waals surface area contributed by atoms with Crippen LogP contribution in [0, 0.1) is 0 Å². The van der Waals surface area contributed by atoms with E-state index in [-0.39, 0.29) is 0 Å². The molecule has 2 aromatic rings. The van der Waals surface area contributed by atoms with Gasteiger partial charge in [0.1, 0.15) is 11.9 Å². The molecule has 1 aliphatic rings. The fourth-order valence-corrected chi connectivity index (χ4v) is 3.59. The van der Waals surface area contributed by atoms with Crippen LogP contribution < -0.4 is 4.74 Å². The fraction of sp³-hybridized carbons (Fsp3) is 0.500. The molecule has 7 heteroatoms. The van der Waals surface area contributed by atoms with E-state index in [0.29, 0.717) is 30.0 Å². The van der Waals surface area contributed by atoms with Gasteiger partial charge in [-0.15, -0.1) is 0 Å². The number of esters is 1. The van der Waals surface area contributed by atoms with Gasteiger partial charge in [0.2, 0.25) is 5.71 Å². The average Bonchev–Trinajstić information content (AvgIpc) is 3.06. The summed E-state index contributed by atoms with van der Waals surface area (Å²) < 4.78 is 22.6. The molecule has 2 unspecified atom stereocenters. The second-order valence-corrected chi connectivity index (χ2v) is 7.23. The lowest BCUT2D eigenvalue weighted by Gasteiger charge is -2.41. The van der Waals surface area contributed by atoms with E-state index in [1.807, 2.05) is 0 Å². The molecule has 0 amide bonds. The van der Waals surface area contributed by atoms with E-state index in [1.165, 1.54) is 14.0 Å². The molecule has 0 bridgehead atoms. The minimum Gasteiger partial charge on any atom is -0.496 e. The number of methoxy groups -OCH3 is 2. The number of aliphatic hydroxyl groups is 1. The molecule has 3 rings (SSSR count). The van der Waals surface area contributed by atoms with Gasteiger partial charge in [-0.05, 0) is 38.8 Å². The summed E-state index contributed by atoms with van der Waals surface area (Å²) in [5.41, 5.74) is -0.414. The lowest BCUT2D eigenvalue weighted by atomic mass is 9.78. The number of carbonyl (C=O) groups is 1. The van der Waals surface area contributed by atoms with Crippen molar-refractivity contribution in [2.45, 2.75) is 50.9 Å². The van der Waals surface area contributed by atoms with E-state index in [1.54, 1.807) is 45.4 Å². The van der Waals surface area contributed by atoms with Crippen LogP contribution >= 0.6 is 0 Å². The first kappa shape index (κ1) is 19.4. The monoisotopic (exact) mass is 375 g/mol. The summed E-state index contributed by atoms with van der Waals surface area (Å²) in [4.78, 5) is 16.4. The fourth-order valence-electron chi connectivity index (χ4n) is 3.59. The van der Waals surface area contributed by atoms with Crippen molar-refractivity contribution in [3.63, 3.8) is 0 Å². The molecule has 7 nitrogen and oxygen atoms in total. The third-order valence-corrected chi connectivity index (χ3v) is 4.76. The van der Waals surface area contributed by atoms with Crippen molar-refractivity contribution in [1.82, 2.24) is 4.98 Å². The molecule has 0 saturated heterocycles. The van der Waals surface area contributed by atoms with Crippen LogP contribution in [0.25, 0.3) is 11.1 Å². The second kappa shape index (κ2) is 6.98. The molecule has 0 spiro atoms. The van der Waals surface area contributed by atoms with Gasteiger partial charge >= 0.3 is 5.97 Å². The molecule has 27 heavy (non-hydrogen) atoms. The first-order valence-electron chi connectivity index (χ1n) is 8.81. The third-order valence-electron chi connectivity index (χ3n) is 4.76. The van der Waals surface area contributed by atoms with E-state index >= 15 is 0 Å². The zero-order valence-corrected chi connectivity index (χ0v) is 16.2. The number of pyridine rings is 1. The number of carbonyl (C=O) groups excluding carboxylic acids is 1. The number of rotatable bonds is 5. The van der Waals surface area contributed by atoms with E-state index in [0.717, 1.165) is 10.9 Å². The number of hydrogen-bond acceptors (Lipinski definition) is 7. The predicted octanol–water partition coefficient (Wildman–Crippen LogP) is 2.88. The maximum absolute atomic E-state index is 11.7. The Morgan fingerprint density at radius 2 is 2.19 bits per heavy atom. The summed E-state index contributed by atoms with van der Waals surface area (Å²) in [5, 5.41) is 11.0. The van der Waals surface area contributed by atoms with E-state index < -0.39 is 23.3 Å². The molecule has 146 valence electrons. The van der Waals surface area contributed by atoms with Crippen LogP contribution in [0.2, 0.25) is 0 Å². The Morgan fingerprint density at radius 1 is 1.44 bits per heavy atom. The average molecular weight is 375 g/mol. The minimum absolute atomic E-state index is 0.409. The Balaban J connectivity index is 2.28.